The fraction of sp³-hybridized carbons (Fsp3) is 0.0192. The summed E-state index contributed by atoms with van der Waals surface area (Å²) in [4.78, 5) is 5.38. The molecule has 11 rings (SSSR count). The molecule has 0 bridgehead atoms. The highest BCUT2D eigenvalue weighted by molar-refractivity contribution is 6.00. The summed E-state index contributed by atoms with van der Waals surface area (Å²) in [6, 6.07) is 73.3. The number of pyridine rings is 1. The van der Waals surface area contributed by atoms with E-state index in [9.17, 15) is 0 Å². The molecule has 1 nitrogen and oxygen atoms in total. The summed E-state index contributed by atoms with van der Waals surface area (Å²) in [5.41, 5.74) is 19.2. The van der Waals surface area contributed by atoms with Crippen LogP contribution in [0.25, 0.3) is 77.8 Å². The van der Waals surface area contributed by atoms with Gasteiger partial charge in [-0.25, -0.2) is 4.98 Å². The molecule has 9 aromatic rings. The Labute approximate surface area is 309 Å². The number of rotatable bonds is 4. The van der Waals surface area contributed by atoms with Crippen LogP contribution in [-0.2, 0) is 5.41 Å². The van der Waals surface area contributed by atoms with Gasteiger partial charge >= 0.3 is 0 Å². The molecule has 8 aromatic carbocycles. The Kier molecular flexibility index (Phi) is 6.53. The monoisotopic (exact) mass is 671 g/mol. The van der Waals surface area contributed by atoms with Gasteiger partial charge in [0, 0.05) is 11.1 Å². The molecule has 2 aliphatic carbocycles. The van der Waals surface area contributed by atoms with Crippen LogP contribution in [-0.4, -0.2) is 4.98 Å². The highest BCUT2D eigenvalue weighted by Gasteiger charge is 2.51. The van der Waals surface area contributed by atoms with Crippen molar-refractivity contribution in [2.45, 2.75) is 5.41 Å². The van der Waals surface area contributed by atoms with Gasteiger partial charge in [-0.3, -0.25) is 0 Å². The predicted molar refractivity (Wildman–Crippen MR) is 220 cm³/mol. The third kappa shape index (κ3) is 4.41. The molecule has 0 fully saturated rings. The van der Waals surface area contributed by atoms with Crippen molar-refractivity contribution in [3.63, 3.8) is 0 Å². The molecule has 0 unspecified atom stereocenters. The molecule has 0 saturated heterocycles. The van der Waals surface area contributed by atoms with E-state index < -0.39 is 0 Å². The van der Waals surface area contributed by atoms with Crippen molar-refractivity contribution in [2.24, 2.45) is 0 Å². The van der Waals surface area contributed by atoms with Gasteiger partial charge in [0.1, 0.15) is 0 Å². The van der Waals surface area contributed by atoms with Crippen molar-refractivity contribution in [3.05, 3.63) is 222 Å². The summed E-state index contributed by atoms with van der Waals surface area (Å²) in [5, 5.41) is 2.44. The smallest absolute Gasteiger partial charge is 0.0725 e. The van der Waals surface area contributed by atoms with Crippen LogP contribution in [0.2, 0.25) is 0 Å². The van der Waals surface area contributed by atoms with E-state index >= 15 is 0 Å². The SMILES string of the molecule is c1ccc(-c2ccc(-c3cc(-c4cccc5c4-c4ccccc4C54c5ccccc5-c5ccccc54)cc(-c4ccc5ccccc5c4)n3)cc2)cc1. The van der Waals surface area contributed by atoms with Gasteiger partial charge in [0.2, 0.25) is 0 Å². The minimum absolute atomic E-state index is 0.389. The highest BCUT2D eigenvalue weighted by Crippen LogP contribution is 2.64. The average Bonchev–Trinajstić information content (AvgIpc) is 3.71. The van der Waals surface area contributed by atoms with Gasteiger partial charge in [0.05, 0.1) is 16.8 Å². The lowest BCUT2D eigenvalue weighted by Crippen LogP contribution is -2.25. The highest BCUT2D eigenvalue weighted by atomic mass is 14.7. The number of aromatic nitrogens is 1. The summed E-state index contributed by atoms with van der Waals surface area (Å²) in [6.45, 7) is 0. The van der Waals surface area contributed by atoms with Crippen molar-refractivity contribution in [3.8, 4) is 67.0 Å². The van der Waals surface area contributed by atoms with E-state index in [-0.39, 0.29) is 5.41 Å². The quantitative estimate of drug-likeness (QED) is 0.181. The van der Waals surface area contributed by atoms with Crippen molar-refractivity contribution < 1.29 is 0 Å². The van der Waals surface area contributed by atoms with Crippen LogP contribution in [0.5, 0.6) is 0 Å². The maximum Gasteiger partial charge on any atom is 0.0725 e. The molecule has 0 amide bonds. The molecule has 1 aromatic heterocycles. The van der Waals surface area contributed by atoms with Crippen LogP contribution in [0.1, 0.15) is 22.3 Å². The third-order valence-corrected chi connectivity index (χ3v) is 11.5. The number of nitrogens with zero attached hydrogens (tertiary/aromatic N) is 1. The van der Waals surface area contributed by atoms with Crippen LogP contribution in [0.3, 0.4) is 0 Å². The zero-order valence-corrected chi connectivity index (χ0v) is 29.0. The molecule has 0 saturated carbocycles. The van der Waals surface area contributed by atoms with Crippen LogP contribution in [0.4, 0.5) is 0 Å². The number of fused-ring (bicyclic) bond motifs is 11. The molecule has 0 aliphatic heterocycles. The van der Waals surface area contributed by atoms with Gasteiger partial charge < -0.3 is 0 Å². The largest absolute Gasteiger partial charge is 0.248 e. The Balaban J connectivity index is 1.16. The summed E-state index contributed by atoms with van der Waals surface area (Å²) in [5.74, 6) is 0. The normalized spacial score (nSPS) is 13.1. The lowest BCUT2D eigenvalue weighted by molar-refractivity contribution is 0.794. The van der Waals surface area contributed by atoms with E-state index in [1.807, 2.05) is 0 Å². The molecule has 1 heteroatoms. The Morgan fingerprint density at radius 3 is 1.49 bits per heavy atom. The average molecular weight is 672 g/mol. The molecule has 2 aliphatic rings. The van der Waals surface area contributed by atoms with Gasteiger partial charge in [0.15, 0.2) is 0 Å². The van der Waals surface area contributed by atoms with Crippen LogP contribution in [0, 0.1) is 0 Å². The minimum atomic E-state index is -0.389. The first-order valence-electron chi connectivity index (χ1n) is 18.4. The second-order valence-corrected chi connectivity index (χ2v) is 14.2. The third-order valence-electron chi connectivity index (χ3n) is 11.5. The van der Waals surface area contributed by atoms with Gasteiger partial charge in [-0.15, -0.1) is 0 Å². The molecule has 53 heavy (non-hydrogen) atoms. The first-order chi connectivity index (χ1) is 26.3. The molecular formula is C52H33N. The lowest BCUT2D eigenvalue weighted by Gasteiger charge is -2.30. The van der Waals surface area contributed by atoms with Crippen molar-refractivity contribution >= 4 is 10.8 Å². The summed E-state index contributed by atoms with van der Waals surface area (Å²) in [6.07, 6.45) is 0. The molecule has 0 N–H and O–H groups in total. The van der Waals surface area contributed by atoms with Crippen LogP contribution < -0.4 is 0 Å². The van der Waals surface area contributed by atoms with Crippen molar-refractivity contribution in [1.82, 2.24) is 4.98 Å². The molecule has 246 valence electrons. The van der Waals surface area contributed by atoms with E-state index in [0.717, 1.165) is 28.1 Å². The van der Waals surface area contributed by atoms with E-state index in [0.29, 0.717) is 0 Å². The topological polar surface area (TPSA) is 12.9 Å². The first kappa shape index (κ1) is 29.9. The van der Waals surface area contributed by atoms with Crippen molar-refractivity contribution in [1.29, 1.82) is 0 Å². The van der Waals surface area contributed by atoms with Crippen LogP contribution in [0.15, 0.2) is 200 Å². The van der Waals surface area contributed by atoms with Crippen LogP contribution >= 0.6 is 0 Å². The van der Waals surface area contributed by atoms with E-state index in [1.54, 1.807) is 0 Å². The molecule has 0 radical (unpaired) electrons. The molecule has 1 spiro atoms. The Hall–Kier alpha value is -6.83. The summed E-state index contributed by atoms with van der Waals surface area (Å²) >= 11 is 0. The van der Waals surface area contributed by atoms with E-state index in [1.165, 1.54) is 72.0 Å². The molecular weight excluding hydrogens is 639 g/mol. The minimum Gasteiger partial charge on any atom is -0.248 e. The number of hydrogen-bond acceptors (Lipinski definition) is 1. The molecule has 0 atom stereocenters. The van der Waals surface area contributed by atoms with Gasteiger partial charge in [-0.1, -0.05) is 182 Å². The molecule has 1 heterocycles. The fourth-order valence-corrected chi connectivity index (χ4v) is 9.18. The van der Waals surface area contributed by atoms with Gasteiger partial charge in [0.25, 0.3) is 0 Å². The second kappa shape index (κ2) is 11.6. The standard InChI is InChI=1S/C52H33N/c1-2-13-34(14-3-1)36-25-28-37(29-26-36)49-32-40(33-50(53-49)39-30-27-35-15-4-5-16-38(35)31-39)41-20-12-24-48-51(41)44-19-8-11-23-47(44)52(48)45-21-9-6-17-42(45)43-18-7-10-22-46(43)52/h1-33H. The number of hydrogen-bond donors (Lipinski definition) is 0. The maximum atomic E-state index is 5.38. The maximum absolute atomic E-state index is 5.38. The van der Waals surface area contributed by atoms with E-state index in [2.05, 4.69) is 200 Å². The zero-order chi connectivity index (χ0) is 34.9. The van der Waals surface area contributed by atoms with Gasteiger partial charge in [-0.05, 0) is 95.7 Å². The Morgan fingerprint density at radius 1 is 0.283 bits per heavy atom. The first-order valence-corrected chi connectivity index (χ1v) is 18.4. The van der Waals surface area contributed by atoms with E-state index in [4.69, 9.17) is 4.98 Å². The summed E-state index contributed by atoms with van der Waals surface area (Å²) in [7, 11) is 0. The summed E-state index contributed by atoms with van der Waals surface area (Å²) < 4.78 is 0. The van der Waals surface area contributed by atoms with Crippen molar-refractivity contribution in [2.75, 3.05) is 0 Å². The fourth-order valence-electron chi connectivity index (χ4n) is 9.18. The second-order valence-electron chi connectivity index (χ2n) is 14.2. The number of benzene rings is 8. The Morgan fingerprint density at radius 2 is 0.774 bits per heavy atom. The predicted octanol–water partition coefficient (Wildman–Crippen LogP) is 13.2. The zero-order valence-electron chi connectivity index (χ0n) is 29.0. The lowest BCUT2D eigenvalue weighted by atomic mass is 9.70. The van der Waals surface area contributed by atoms with Gasteiger partial charge in [-0.2, -0.15) is 0 Å². The Bertz CT molecular complexity index is 2840.